The molecule has 0 saturated heterocycles. The average Bonchev–Trinajstić information content (AvgIpc) is 3.43. The van der Waals surface area contributed by atoms with Crippen molar-refractivity contribution in [2.45, 2.75) is 37.5 Å². The molecule has 34 heavy (non-hydrogen) atoms. The Balaban J connectivity index is 1.50. The van der Waals surface area contributed by atoms with Crippen molar-refractivity contribution in [2.24, 2.45) is 0 Å². The highest BCUT2D eigenvalue weighted by Gasteiger charge is 2.42. The zero-order valence-electron chi connectivity index (χ0n) is 20.0. The third-order valence-electron chi connectivity index (χ3n) is 7.96. The normalized spacial score (nSPS) is 22.1. The molecule has 0 nitrogen and oxygen atoms in total. The molecule has 2 unspecified atom stereocenters. The van der Waals surface area contributed by atoms with Crippen molar-refractivity contribution in [1.82, 2.24) is 0 Å². The molecule has 0 aliphatic heterocycles. The summed E-state index contributed by atoms with van der Waals surface area (Å²) in [6.45, 7) is 4.40. The van der Waals surface area contributed by atoms with Crippen molar-refractivity contribution < 1.29 is 0 Å². The predicted molar refractivity (Wildman–Crippen MR) is 144 cm³/mol. The predicted octanol–water partition coefficient (Wildman–Crippen LogP) is 8.41. The zero-order valence-corrected chi connectivity index (χ0v) is 20.0. The van der Waals surface area contributed by atoms with Gasteiger partial charge >= 0.3 is 0 Å². The van der Waals surface area contributed by atoms with Gasteiger partial charge in [0.05, 0.1) is 0 Å². The topological polar surface area (TPSA) is 0 Å². The summed E-state index contributed by atoms with van der Waals surface area (Å²) in [5.74, 6) is 0. The first kappa shape index (κ1) is 20.9. The summed E-state index contributed by atoms with van der Waals surface area (Å²) in [6, 6.07) is 36.1. The van der Waals surface area contributed by atoms with Crippen molar-refractivity contribution in [3.63, 3.8) is 0 Å². The van der Waals surface area contributed by atoms with Crippen LogP contribution in [0.4, 0.5) is 0 Å². The van der Waals surface area contributed by atoms with Crippen LogP contribution in [0.15, 0.2) is 109 Å². The molecular weight excluding hydrogens is 408 g/mol. The van der Waals surface area contributed by atoms with E-state index >= 15 is 0 Å². The molecule has 0 amide bonds. The molecule has 0 heteroatoms. The second kappa shape index (κ2) is 7.99. The van der Waals surface area contributed by atoms with Gasteiger partial charge in [-0.15, -0.1) is 0 Å². The van der Waals surface area contributed by atoms with Crippen molar-refractivity contribution in [3.05, 3.63) is 154 Å². The Morgan fingerprint density at radius 3 is 1.38 bits per heavy atom. The van der Waals surface area contributed by atoms with Crippen LogP contribution in [-0.4, -0.2) is 0 Å². The number of hydrogen-bond donors (Lipinski definition) is 0. The molecule has 2 aliphatic rings. The molecule has 0 radical (unpaired) electrons. The smallest absolute Gasteiger partial charge is 0.0391 e. The molecule has 4 aromatic carbocycles. The molecule has 6 rings (SSSR count). The van der Waals surface area contributed by atoms with E-state index in [9.17, 15) is 0 Å². The number of aryl methyl sites for hydroxylation is 2. The molecule has 166 valence electrons. The molecule has 0 heterocycles. The Morgan fingerprint density at radius 2 is 0.941 bits per heavy atom. The summed E-state index contributed by atoms with van der Waals surface area (Å²) < 4.78 is 0. The maximum absolute atomic E-state index is 2.46. The highest BCUT2D eigenvalue weighted by atomic mass is 14.4. The van der Waals surface area contributed by atoms with E-state index in [1.807, 2.05) is 0 Å². The SMILES string of the molecule is Cc1cccc(C2(CCC3(c4cccc(C)c4)C=Cc4ccccc43)C=Cc3ccccc32)c1. The monoisotopic (exact) mass is 438 g/mol. The summed E-state index contributed by atoms with van der Waals surface area (Å²) in [5.41, 5.74) is 10.7. The van der Waals surface area contributed by atoms with Gasteiger partial charge in [-0.2, -0.15) is 0 Å². The standard InChI is InChI=1S/C34H30/c1-25-9-7-13-29(23-25)33(19-17-27-11-3-5-15-31(27)33)21-22-34(30-14-8-10-26(2)24-30)20-18-28-12-4-6-16-32(28)34/h3-20,23-24H,21-22H2,1-2H3. The fourth-order valence-corrected chi connectivity index (χ4v) is 6.21. The van der Waals surface area contributed by atoms with E-state index in [-0.39, 0.29) is 10.8 Å². The van der Waals surface area contributed by atoms with E-state index in [4.69, 9.17) is 0 Å². The molecule has 4 aromatic rings. The highest BCUT2D eigenvalue weighted by Crippen LogP contribution is 2.51. The summed E-state index contributed by atoms with van der Waals surface area (Å²) >= 11 is 0. The van der Waals surface area contributed by atoms with E-state index < -0.39 is 0 Å². The number of benzene rings is 4. The highest BCUT2D eigenvalue weighted by molar-refractivity contribution is 5.71. The van der Waals surface area contributed by atoms with Gasteiger partial charge in [0.15, 0.2) is 0 Å². The van der Waals surface area contributed by atoms with Gasteiger partial charge in [0.1, 0.15) is 0 Å². The zero-order chi connectivity index (χ0) is 23.2. The second-order valence-electron chi connectivity index (χ2n) is 10.0. The van der Waals surface area contributed by atoms with Crippen LogP contribution < -0.4 is 0 Å². The van der Waals surface area contributed by atoms with Gasteiger partial charge < -0.3 is 0 Å². The Hall–Kier alpha value is -3.64. The number of hydrogen-bond acceptors (Lipinski definition) is 0. The maximum Gasteiger partial charge on any atom is 0.0391 e. The first-order valence-corrected chi connectivity index (χ1v) is 12.3. The first-order valence-electron chi connectivity index (χ1n) is 12.3. The van der Waals surface area contributed by atoms with Gasteiger partial charge in [0, 0.05) is 10.8 Å². The Labute approximate surface area is 203 Å². The lowest BCUT2D eigenvalue weighted by Crippen LogP contribution is -2.30. The average molecular weight is 439 g/mol. The lowest BCUT2D eigenvalue weighted by molar-refractivity contribution is 0.478. The second-order valence-corrected chi connectivity index (χ2v) is 10.0. The van der Waals surface area contributed by atoms with Crippen LogP contribution in [-0.2, 0) is 10.8 Å². The molecular formula is C34H30. The van der Waals surface area contributed by atoms with E-state index in [1.165, 1.54) is 44.5 Å². The number of fused-ring (bicyclic) bond motifs is 2. The van der Waals surface area contributed by atoms with Crippen LogP contribution in [0.1, 0.15) is 57.3 Å². The summed E-state index contributed by atoms with van der Waals surface area (Å²) in [5, 5.41) is 0. The van der Waals surface area contributed by atoms with Gasteiger partial charge in [-0.25, -0.2) is 0 Å². The van der Waals surface area contributed by atoms with Crippen molar-refractivity contribution in [1.29, 1.82) is 0 Å². The van der Waals surface area contributed by atoms with Crippen molar-refractivity contribution in [2.75, 3.05) is 0 Å². The van der Waals surface area contributed by atoms with Gasteiger partial charge in [-0.1, -0.05) is 132 Å². The van der Waals surface area contributed by atoms with E-state index in [2.05, 4.69) is 135 Å². The van der Waals surface area contributed by atoms with Gasteiger partial charge in [0.25, 0.3) is 0 Å². The van der Waals surface area contributed by atoms with Crippen LogP contribution in [0, 0.1) is 13.8 Å². The van der Waals surface area contributed by atoms with Crippen LogP contribution in [0.3, 0.4) is 0 Å². The van der Waals surface area contributed by atoms with Crippen LogP contribution in [0.5, 0.6) is 0 Å². The van der Waals surface area contributed by atoms with Crippen LogP contribution >= 0.6 is 0 Å². The summed E-state index contributed by atoms with van der Waals surface area (Å²) in [6.07, 6.45) is 11.7. The minimum absolute atomic E-state index is 0.120. The van der Waals surface area contributed by atoms with Crippen molar-refractivity contribution in [3.8, 4) is 0 Å². The Morgan fingerprint density at radius 1 is 0.500 bits per heavy atom. The van der Waals surface area contributed by atoms with Gasteiger partial charge in [-0.3, -0.25) is 0 Å². The molecule has 2 aliphatic carbocycles. The quantitative estimate of drug-likeness (QED) is 0.293. The van der Waals surface area contributed by atoms with Crippen LogP contribution in [0.25, 0.3) is 12.2 Å². The fourth-order valence-electron chi connectivity index (χ4n) is 6.21. The molecule has 0 aromatic heterocycles. The van der Waals surface area contributed by atoms with Crippen molar-refractivity contribution >= 4 is 12.2 Å². The van der Waals surface area contributed by atoms with Gasteiger partial charge in [0.2, 0.25) is 0 Å². The molecule has 0 N–H and O–H groups in total. The molecule has 0 saturated carbocycles. The molecule has 0 spiro atoms. The molecule has 0 fully saturated rings. The summed E-state index contributed by atoms with van der Waals surface area (Å²) in [4.78, 5) is 0. The first-order chi connectivity index (χ1) is 16.6. The lowest BCUT2D eigenvalue weighted by Gasteiger charge is -2.37. The molecule has 0 bridgehead atoms. The third-order valence-corrected chi connectivity index (χ3v) is 7.96. The molecule has 2 atom stereocenters. The minimum atomic E-state index is -0.120. The Bertz CT molecular complexity index is 1320. The number of allylic oxidation sites excluding steroid dienone is 2. The third kappa shape index (κ3) is 3.21. The summed E-state index contributed by atoms with van der Waals surface area (Å²) in [7, 11) is 0. The maximum atomic E-state index is 2.46. The Kier molecular flexibility index (Phi) is 4.92. The largest absolute Gasteiger partial charge is 0.0690 e. The van der Waals surface area contributed by atoms with Crippen LogP contribution in [0.2, 0.25) is 0 Å². The number of rotatable bonds is 5. The van der Waals surface area contributed by atoms with Gasteiger partial charge in [-0.05, 0) is 60.1 Å². The lowest BCUT2D eigenvalue weighted by atomic mass is 9.66. The fraction of sp³-hybridized carbons (Fsp3) is 0.176. The minimum Gasteiger partial charge on any atom is -0.0690 e. The van der Waals surface area contributed by atoms with E-state index in [1.54, 1.807) is 0 Å². The van der Waals surface area contributed by atoms with E-state index in [0.29, 0.717) is 0 Å². The van der Waals surface area contributed by atoms with E-state index in [0.717, 1.165) is 12.8 Å².